The summed E-state index contributed by atoms with van der Waals surface area (Å²) in [6.07, 6.45) is 1.13. The number of amides is 1. The first kappa shape index (κ1) is 20.6. The van der Waals surface area contributed by atoms with Crippen molar-refractivity contribution in [2.75, 3.05) is 36.1 Å². The van der Waals surface area contributed by atoms with Crippen molar-refractivity contribution in [3.05, 3.63) is 48.5 Å². The van der Waals surface area contributed by atoms with Crippen molar-refractivity contribution >= 4 is 27.3 Å². The molecule has 0 spiro atoms. The van der Waals surface area contributed by atoms with Crippen molar-refractivity contribution in [1.82, 2.24) is 0 Å². The largest absolute Gasteiger partial charge is 0.497 e. The van der Waals surface area contributed by atoms with Gasteiger partial charge in [-0.1, -0.05) is 0 Å². The Labute approximate surface area is 160 Å². The Kier molecular flexibility index (Phi) is 7.06. The molecule has 27 heavy (non-hydrogen) atoms. The molecule has 0 bridgehead atoms. The first-order chi connectivity index (χ1) is 12.8. The van der Waals surface area contributed by atoms with E-state index in [0.717, 1.165) is 12.0 Å². The topological polar surface area (TPSA) is 84.9 Å². The van der Waals surface area contributed by atoms with Crippen LogP contribution < -0.4 is 19.1 Å². The molecular weight excluding hydrogens is 368 g/mol. The molecule has 7 nitrogen and oxygen atoms in total. The second kappa shape index (κ2) is 9.27. The molecule has 0 heterocycles. The number of anilines is 2. The van der Waals surface area contributed by atoms with Crippen LogP contribution in [-0.2, 0) is 14.8 Å². The minimum atomic E-state index is -3.52. The summed E-state index contributed by atoms with van der Waals surface area (Å²) < 4.78 is 35.8. The summed E-state index contributed by atoms with van der Waals surface area (Å²) >= 11 is 0. The number of hydrogen-bond acceptors (Lipinski definition) is 5. The van der Waals surface area contributed by atoms with Crippen LogP contribution in [0.4, 0.5) is 11.4 Å². The van der Waals surface area contributed by atoms with Crippen LogP contribution in [0, 0.1) is 0 Å². The Morgan fingerprint density at radius 1 is 1.04 bits per heavy atom. The van der Waals surface area contributed by atoms with Gasteiger partial charge in [-0.05, 0) is 55.5 Å². The molecule has 0 fully saturated rings. The van der Waals surface area contributed by atoms with E-state index in [1.165, 1.54) is 11.4 Å². The van der Waals surface area contributed by atoms with E-state index in [-0.39, 0.29) is 18.9 Å². The lowest BCUT2D eigenvalue weighted by atomic mass is 10.2. The molecule has 2 aromatic rings. The van der Waals surface area contributed by atoms with Crippen molar-refractivity contribution in [2.24, 2.45) is 0 Å². The number of carbonyl (C=O) groups excluding carboxylic acids is 1. The minimum absolute atomic E-state index is 0.0201. The lowest BCUT2D eigenvalue weighted by Gasteiger charge is -2.22. The summed E-state index contributed by atoms with van der Waals surface area (Å²) in [6, 6.07) is 13.6. The van der Waals surface area contributed by atoms with E-state index in [9.17, 15) is 13.2 Å². The highest BCUT2D eigenvalue weighted by molar-refractivity contribution is 7.92. The van der Waals surface area contributed by atoms with Gasteiger partial charge in [0.25, 0.3) is 0 Å². The van der Waals surface area contributed by atoms with E-state index in [4.69, 9.17) is 9.47 Å². The van der Waals surface area contributed by atoms with Gasteiger partial charge in [-0.25, -0.2) is 8.42 Å². The van der Waals surface area contributed by atoms with Gasteiger partial charge in [0, 0.05) is 18.7 Å². The number of carbonyl (C=O) groups is 1. The van der Waals surface area contributed by atoms with Crippen LogP contribution in [0.1, 0.15) is 13.3 Å². The summed E-state index contributed by atoms with van der Waals surface area (Å²) in [5.41, 5.74) is 1.10. The molecule has 0 saturated heterocycles. The van der Waals surface area contributed by atoms with Crippen molar-refractivity contribution in [3.8, 4) is 11.5 Å². The maximum absolute atomic E-state index is 12.2. The lowest BCUT2D eigenvalue weighted by Crippen LogP contribution is -2.33. The fourth-order valence-electron chi connectivity index (χ4n) is 2.46. The summed E-state index contributed by atoms with van der Waals surface area (Å²) in [4.78, 5) is 12.2. The Bertz CT molecular complexity index is 849. The molecule has 0 aliphatic heterocycles. The van der Waals surface area contributed by atoms with E-state index in [2.05, 4.69) is 5.32 Å². The third kappa shape index (κ3) is 6.18. The van der Waals surface area contributed by atoms with Crippen molar-refractivity contribution in [2.45, 2.75) is 13.3 Å². The molecule has 1 N–H and O–H groups in total. The molecule has 8 heteroatoms. The van der Waals surface area contributed by atoms with Gasteiger partial charge >= 0.3 is 0 Å². The van der Waals surface area contributed by atoms with Crippen LogP contribution in [0.3, 0.4) is 0 Å². The monoisotopic (exact) mass is 392 g/mol. The van der Waals surface area contributed by atoms with Crippen molar-refractivity contribution in [1.29, 1.82) is 0 Å². The number of ether oxygens (including phenoxy) is 2. The zero-order valence-corrected chi connectivity index (χ0v) is 16.5. The molecule has 0 atom stereocenters. The number of rotatable bonds is 9. The normalized spacial score (nSPS) is 10.9. The number of nitrogens with one attached hydrogen (secondary N) is 1. The third-order valence-corrected chi connectivity index (χ3v) is 4.95. The van der Waals surface area contributed by atoms with Gasteiger partial charge in [0.1, 0.15) is 11.5 Å². The Morgan fingerprint density at radius 3 is 2.15 bits per heavy atom. The molecule has 1 amide bonds. The van der Waals surface area contributed by atoms with Gasteiger partial charge in [0.2, 0.25) is 15.9 Å². The highest BCUT2D eigenvalue weighted by atomic mass is 32.2. The highest BCUT2D eigenvalue weighted by Gasteiger charge is 2.18. The molecule has 0 aliphatic carbocycles. The van der Waals surface area contributed by atoms with Crippen LogP contribution in [0.25, 0.3) is 0 Å². The Morgan fingerprint density at radius 2 is 1.63 bits per heavy atom. The molecule has 0 unspecified atom stereocenters. The van der Waals surface area contributed by atoms with Gasteiger partial charge in [0.05, 0.1) is 25.7 Å². The van der Waals surface area contributed by atoms with Gasteiger partial charge in [-0.2, -0.15) is 0 Å². The highest BCUT2D eigenvalue weighted by Crippen LogP contribution is 2.22. The second-order valence-corrected chi connectivity index (χ2v) is 7.70. The quantitative estimate of drug-likeness (QED) is 0.709. The molecule has 0 aliphatic rings. The maximum Gasteiger partial charge on any atom is 0.232 e. The number of sulfonamides is 1. The van der Waals surface area contributed by atoms with Crippen LogP contribution >= 0.6 is 0 Å². The smallest absolute Gasteiger partial charge is 0.232 e. The molecule has 2 rings (SSSR count). The zero-order valence-electron chi connectivity index (χ0n) is 15.6. The van der Waals surface area contributed by atoms with Crippen LogP contribution in [0.15, 0.2) is 48.5 Å². The Hall–Kier alpha value is -2.74. The van der Waals surface area contributed by atoms with Crippen LogP contribution in [0.5, 0.6) is 11.5 Å². The summed E-state index contributed by atoms with van der Waals surface area (Å²) in [6.45, 7) is 2.50. The average molecular weight is 392 g/mol. The number of nitrogens with zero attached hydrogens (tertiary/aromatic N) is 1. The fourth-order valence-corrected chi connectivity index (χ4v) is 3.39. The van der Waals surface area contributed by atoms with E-state index < -0.39 is 10.0 Å². The molecule has 0 saturated carbocycles. The van der Waals surface area contributed by atoms with E-state index in [0.29, 0.717) is 23.7 Å². The van der Waals surface area contributed by atoms with E-state index in [1.54, 1.807) is 48.5 Å². The predicted octanol–water partition coefficient (Wildman–Crippen LogP) is 2.89. The SMILES string of the molecule is CCOc1ccc(NC(=O)CCN(c2ccc(OC)cc2)S(C)(=O)=O)cc1. The number of benzene rings is 2. The summed E-state index contributed by atoms with van der Waals surface area (Å²) in [5.74, 6) is 1.07. The summed E-state index contributed by atoms with van der Waals surface area (Å²) in [7, 11) is -1.99. The molecular formula is C19H24N2O5S. The van der Waals surface area contributed by atoms with Gasteiger partial charge < -0.3 is 14.8 Å². The standard InChI is InChI=1S/C19H24N2O5S/c1-4-26-18-9-5-15(6-10-18)20-19(22)13-14-21(27(3,23)24)16-7-11-17(25-2)12-8-16/h5-12H,4,13-14H2,1-3H3,(H,20,22). The minimum Gasteiger partial charge on any atom is -0.497 e. The van der Waals surface area contributed by atoms with E-state index >= 15 is 0 Å². The number of hydrogen-bond donors (Lipinski definition) is 1. The molecule has 0 aromatic heterocycles. The van der Waals surface area contributed by atoms with Crippen molar-refractivity contribution in [3.63, 3.8) is 0 Å². The molecule has 2 aromatic carbocycles. The van der Waals surface area contributed by atoms with Gasteiger partial charge in [-0.3, -0.25) is 9.10 Å². The number of methoxy groups -OCH3 is 1. The predicted molar refractivity (Wildman–Crippen MR) is 106 cm³/mol. The van der Waals surface area contributed by atoms with Gasteiger partial charge in [-0.15, -0.1) is 0 Å². The Balaban J connectivity index is 2.00. The van der Waals surface area contributed by atoms with Crippen LogP contribution in [0.2, 0.25) is 0 Å². The molecule has 146 valence electrons. The lowest BCUT2D eigenvalue weighted by molar-refractivity contribution is -0.116. The summed E-state index contributed by atoms with van der Waals surface area (Å²) in [5, 5.41) is 2.75. The second-order valence-electron chi connectivity index (χ2n) is 5.79. The third-order valence-electron chi connectivity index (χ3n) is 3.75. The van der Waals surface area contributed by atoms with Crippen molar-refractivity contribution < 1.29 is 22.7 Å². The molecule has 0 radical (unpaired) electrons. The van der Waals surface area contributed by atoms with Crippen LogP contribution in [-0.4, -0.2) is 40.8 Å². The fraction of sp³-hybridized carbons (Fsp3) is 0.316. The van der Waals surface area contributed by atoms with Gasteiger partial charge in [0.15, 0.2) is 0 Å². The maximum atomic E-state index is 12.2. The first-order valence-corrected chi connectivity index (χ1v) is 10.3. The average Bonchev–Trinajstić information content (AvgIpc) is 2.63. The first-order valence-electron chi connectivity index (χ1n) is 8.48. The van der Waals surface area contributed by atoms with E-state index in [1.807, 2.05) is 6.92 Å². The zero-order chi connectivity index (χ0) is 19.9.